The van der Waals surface area contributed by atoms with E-state index >= 15 is 0 Å². The Labute approximate surface area is 318 Å². The molecule has 3 rings (SSSR count). The topological polar surface area (TPSA) is 99.0 Å². The van der Waals surface area contributed by atoms with Gasteiger partial charge in [0.05, 0.1) is 23.4 Å². The van der Waals surface area contributed by atoms with Crippen LogP contribution in [-0.4, -0.2) is 66.5 Å². The van der Waals surface area contributed by atoms with Gasteiger partial charge in [-0.3, -0.25) is 14.4 Å². The summed E-state index contributed by atoms with van der Waals surface area (Å²) in [5, 5.41) is 3.02. The van der Waals surface area contributed by atoms with Crippen molar-refractivity contribution in [3.8, 4) is 5.75 Å². The minimum atomic E-state index is -1.28. The van der Waals surface area contributed by atoms with Crippen LogP contribution in [0.3, 0.4) is 0 Å². The van der Waals surface area contributed by atoms with Gasteiger partial charge in [0.15, 0.2) is 14.8 Å². The quantitative estimate of drug-likeness (QED) is 0.200. The van der Waals surface area contributed by atoms with Crippen LogP contribution < -0.4 is 39.6 Å². The van der Waals surface area contributed by atoms with E-state index in [1.165, 1.54) is 4.90 Å². The maximum Gasteiger partial charge on any atom is 1.00 e. The Morgan fingerprint density at radius 2 is 1.54 bits per heavy atom. The molecule has 1 fully saturated rings. The van der Waals surface area contributed by atoms with E-state index in [1.54, 1.807) is 12.1 Å². The second-order valence-electron chi connectivity index (χ2n) is 16.9. The van der Waals surface area contributed by atoms with E-state index in [0.717, 1.165) is 25.7 Å². The summed E-state index contributed by atoms with van der Waals surface area (Å²) >= 11 is 0. The summed E-state index contributed by atoms with van der Waals surface area (Å²) in [7, 11) is -3.50. The zero-order valence-electron chi connectivity index (χ0n) is 33.1. The fraction of sp³-hybridized carbons (Fsp3) is 0.750. The van der Waals surface area contributed by atoms with E-state index in [1.807, 2.05) is 19.1 Å². The molecule has 268 valence electrons. The molecule has 12 heteroatoms. The van der Waals surface area contributed by atoms with Gasteiger partial charge >= 0.3 is 29.6 Å². The second-order valence-corrected chi connectivity index (χ2v) is 28.9. The molecule has 0 aliphatic carbocycles. The minimum absolute atomic E-state index is 0. The third-order valence-corrected chi connectivity index (χ3v) is 15.1. The Morgan fingerprint density at radius 3 is 1.96 bits per heavy atom. The van der Waals surface area contributed by atoms with Crippen molar-refractivity contribution >= 4 is 43.2 Å². The first-order valence-corrected chi connectivity index (χ1v) is 27.6. The number of hydrogen-bond acceptors (Lipinski definition) is 5. The normalized spacial score (nSPS) is 20.3. The van der Waals surface area contributed by atoms with E-state index in [4.69, 9.17) is 13.8 Å². The molecule has 0 spiro atoms. The molecule has 0 aromatic heterocycles. The van der Waals surface area contributed by atoms with Crippen LogP contribution in [0.15, 0.2) is 24.3 Å². The van der Waals surface area contributed by atoms with Gasteiger partial charge in [0, 0.05) is 19.4 Å². The van der Waals surface area contributed by atoms with Gasteiger partial charge in [-0.25, -0.2) is 4.90 Å². The van der Waals surface area contributed by atoms with Gasteiger partial charge in [-0.15, -0.1) is 0 Å². The molecule has 48 heavy (non-hydrogen) atoms. The molecular weight excluding hydrogens is 662 g/mol. The zero-order chi connectivity index (χ0) is 36.0. The number of para-hydroxylation sites is 1. The first-order chi connectivity index (χ1) is 21.6. The molecule has 2 aliphatic heterocycles. The Hall–Kier alpha value is -0.799. The standard InChI is InChI=1S/C30H48N2O5Si.C6H18NSi2.Na/c1-9-11-17-30(18-12-10-2)32(28(35)21-15-13-14-16-23(21)37-30)27(34)20(3)25-24(26(33)31-25)22(29(4,5)6)19-36-38(7)8;1-8(2,3)7-9(4,5)6;/h13-16,20,22,24-25,38H,9-12,17-19H2,1-8H3,(H,31,33);1-6H3;/q;-1;+1/t20-,22-,24+,25-;;/m1../s1. The SMILES string of the molecule is CCCCC1(CCCC)Oc2ccccc2C(=O)N1C(=O)[C@H](C)[C@H]1NC(=O)[C@H]1[C@@H](CO[SiH](C)C)C(C)(C)C.C[Si](C)(C)[N-][Si](C)(C)C.[Na+]. The molecule has 0 radical (unpaired) electrons. The Morgan fingerprint density at radius 1 is 1.02 bits per heavy atom. The maximum atomic E-state index is 14.3. The average molecular weight is 728 g/mol. The van der Waals surface area contributed by atoms with Crippen molar-refractivity contribution in [3.05, 3.63) is 34.5 Å². The largest absolute Gasteiger partial charge is 1.00 e. The summed E-state index contributed by atoms with van der Waals surface area (Å²) in [4.78, 5) is 42.7. The van der Waals surface area contributed by atoms with Crippen LogP contribution in [0.5, 0.6) is 5.75 Å². The van der Waals surface area contributed by atoms with E-state index in [0.29, 0.717) is 30.8 Å². The number of imide groups is 1. The van der Waals surface area contributed by atoms with Gasteiger partial charge in [0.1, 0.15) is 5.75 Å². The number of unbranched alkanes of at least 4 members (excludes halogenated alkanes) is 2. The average Bonchev–Trinajstić information content (AvgIpc) is 2.93. The van der Waals surface area contributed by atoms with E-state index < -0.39 is 37.2 Å². The molecule has 0 bridgehead atoms. The Bertz CT molecular complexity index is 1190. The van der Waals surface area contributed by atoms with Gasteiger partial charge < -0.3 is 19.1 Å². The second kappa shape index (κ2) is 18.6. The third kappa shape index (κ3) is 12.5. The van der Waals surface area contributed by atoms with Gasteiger partial charge in [-0.2, -0.15) is 0 Å². The predicted octanol–water partition coefficient (Wildman–Crippen LogP) is 5.57. The summed E-state index contributed by atoms with van der Waals surface area (Å²) in [5.74, 6) is -1.06. The summed E-state index contributed by atoms with van der Waals surface area (Å²) in [6, 6.07) is 6.84. The van der Waals surface area contributed by atoms with Crippen LogP contribution in [0.4, 0.5) is 0 Å². The smallest absolute Gasteiger partial charge is 0.668 e. The molecule has 2 aliphatic rings. The van der Waals surface area contributed by atoms with Crippen LogP contribution in [0.25, 0.3) is 4.65 Å². The van der Waals surface area contributed by atoms with Crippen molar-refractivity contribution in [2.45, 2.75) is 144 Å². The van der Waals surface area contributed by atoms with Gasteiger partial charge in [-0.1, -0.05) is 122 Å². The monoisotopic (exact) mass is 727 g/mol. The number of carbonyl (C=O) groups excluding carboxylic acids is 3. The number of carbonyl (C=O) groups is 3. The molecule has 0 saturated carbocycles. The number of hydrogen-bond donors (Lipinski definition) is 1. The van der Waals surface area contributed by atoms with Gasteiger partial charge in [0.2, 0.25) is 11.8 Å². The molecule has 4 atom stereocenters. The summed E-state index contributed by atoms with van der Waals surface area (Å²) in [5.41, 5.74) is -0.794. The molecule has 1 N–H and O–H groups in total. The summed E-state index contributed by atoms with van der Waals surface area (Å²) in [6.07, 6.45) is 4.70. The molecule has 1 aromatic rings. The van der Waals surface area contributed by atoms with Crippen molar-refractivity contribution in [1.29, 1.82) is 0 Å². The molecule has 1 aromatic carbocycles. The first kappa shape index (κ1) is 45.2. The van der Waals surface area contributed by atoms with Crippen LogP contribution in [0, 0.1) is 23.2 Å². The number of benzene rings is 1. The molecule has 3 amide bonds. The van der Waals surface area contributed by atoms with E-state index in [9.17, 15) is 14.4 Å². The summed E-state index contributed by atoms with van der Waals surface area (Å²) < 4.78 is 17.5. The number of rotatable bonds is 14. The summed E-state index contributed by atoms with van der Waals surface area (Å²) in [6.45, 7) is 30.9. The van der Waals surface area contributed by atoms with E-state index in [-0.39, 0.29) is 70.6 Å². The third-order valence-electron chi connectivity index (χ3n) is 8.84. The van der Waals surface area contributed by atoms with Crippen molar-refractivity contribution in [1.82, 2.24) is 10.2 Å². The Kier molecular flexibility index (Phi) is 17.5. The number of β-lactam (4-membered cyclic amide) rings is 1. The Balaban J connectivity index is 0.00000101. The number of nitrogens with zero attached hydrogens (tertiary/aromatic N) is 2. The van der Waals surface area contributed by atoms with Crippen molar-refractivity contribution < 1.29 is 53.1 Å². The number of ether oxygens (including phenoxy) is 1. The minimum Gasteiger partial charge on any atom is -0.668 e. The number of nitrogens with one attached hydrogen (secondary N) is 1. The molecule has 1 saturated heterocycles. The molecule has 0 unspecified atom stereocenters. The molecular formula is C36H66N3NaO5Si3. The fourth-order valence-electron chi connectivity index (χ4n) is 6.78. The number of fused-ring (bicyclic) bond motifs is 1. The van der Waals surface area contributed by atoms with Crippen LogP contribution in [-0.2, 0) is 14.0 Å². The van der Waals surface area contributed by atoms with Crippen LogP contribution in [0.1, 0.15) is 90.4 Å². The molecule has 8 nitrogen and oxygen atoms in total. The molecule has 2 heterocycles. The van der Waals surface area contributed by atoms with Crippen LogP contribution >= 0.6 is 0 Å². The fourth-order valence-corrected chi connectivity index (χ4v) is 15.4. The van der Waals surface area contributed by atoms with Crippen molar-refractivity contribution in [2.24, 2.45) is 23.2 Å². The predicted molar refractivity (Wildman–Crippen MR) is 202 cm³/mol. The van der Waals surface area contributed by atoms with Crippen LogP contribution in [0.2, 0.25) is 52.4 Å². The van der Waals surface area contributed by atoms with Crippen molar-refractivity contribution in [2.75, 3.05) is 6.61 Å². The van der Waals surface area contributed by atoms with Gasteiger partial charge in [-0.05, 0) is 49.4 Å². The number of amides is 3. The maximum absolute atomic E-state index is 14.3. The van der Waals surface area contributed by atoms with Crippen molar-refractivity contribution in [3.63, 3.8) is 0 Å². The zero-order valence-corrected chi connectivity index (χ0v) is 38.2. The van der Waals surface area contributed by atoms with E-state index in [2.05, 4.69) is 92.3 Å². The van der Waals surface area contributed by atoms with Gasteiger partial charge in [0.25, 0.3) is 5.91 Å². The first-order valence-electron chi connectivity index (χ1n) is 17.9.